The van der Waals surface area contributed by atoms with Gasteiger partial charge in [0.15, 0.2) is 5.75 Å². The van der Waals surface area contributed by atoms with Crippen LogP contribution in [0.4, 0.5) is 17.1 Å². The van der Waals surface area contributed by atoms with Crippen molar-refractivity contribution in [1.29, 1.82) is 0 Å². The van der Waals surface area contributed by atoms with E-state index >= 15 is 0 Å². The first kappa shape index (κ1) is 19.9. The molecule has 0 saturated heterocycles. The van der Waals surface area contributed by atoms with Crippen LogP contribution in [0.5, 0.6) is 11.5 Å². The molecule has 0 bridgehead atoms. The Hall–Kier alpha value is -3.74. The fraction of sp³-hybridized carbons (Fsp3) is 0.308. The maximum absolute atomic E-state index is 6.94. The number of hydrogen-bond acceptors (Lipinski definition) is 6. The number of hydrogen-bond donors (Lipinski definition) is 1. The maximum Gasteiger partial charge on any atom is 0.228 e. The van der Waals surface area contributed by atoms with Crippen molar-refractivity contribution in [3.8, 4) is 11.5 Å². The Bertz CT molecular complexity index is 1470. The van der Waals surface area contributed by atoms with Gasteiger partial charge in [-0.25, -0.2) is 0 Å². The Morgan fingerprint density at radius 3 is 2.70 bits per heavy atom. The number of aromatic nitrogens is 2. The van der Waals surface area contributed by atoms with Crippen LogP contribution in [-0.2, 0) is 5.41 Å². The number of benzene rings is 2. The average molecular weight is 442 g/mol. The van der Waals surface area contributed by atoms with Gasteiger partial charge in [-0.05, 0) is 43.7 Å². The maximum atomic E-state index is 6.94. The third kappa shape index (κ3) is 2.39. The molecular weight excluding hydrogens is 414 g/mol. The summed E-state index contributed by atoms with van der Waals surface area (Å²) in [6.07, 6.45) is 5.71. The third-order valence-electron chi connectivity index (χ3n) is 7.34. The van der Waals surface area contributed by atoms with Gasteiger partial charge in [0, 0.05) is 61.8 Å². The Balaban J connectivity index is 1.57. The number of methoxy groups -OCH3 is 1. The summed E-state index contributed by atoms with van der Waals surface area (Å²) in [6, 6.07) is 10.4. The Kier molecular flexibility index (Phi) is 3.86. The van der Waals surface area contributed by atoms with Gasteiger partial charge in [0.05, 0.1) is 29.8 Å². The van der Waals surface area contributed by atoms with E-state index in [2.05, 4.69) is 73.0 Å². The topological polar surface area (TPSA) is 66.0 Å². The summed E-state index contributed by atoms with van der Waals surface area (Å²) >= 11 is 0. The largest absolute Gasteiger partial charge is 0.494 e. The zero-order chi connectivity index (χ0) is 23.1. The molecule has 0 radical (unpaired) electrons. The van der Waals surface area contributed by atoms with Crippen molar-refractivity contribution in [3.63, 3.8) is 0 Å². The van der Waals surface area contributed by atoms with Crippen molar-refractivity contribution in [3.05, 3.63) is 48.3 Å². The Morgan fingerprint density at radius 1 is 1.12 bits per heavy atom. The van der Waals surface area contributed by atoms with Crippen LogP contribution in [0.3, 0.4) is 0 Å². The normalized spacial score (nSPS) is 20.2. The molecule has 7 heteroatoms. The van der Waals surface area contributed by atoms with Crippen molar-refractivity contribution in [2.24, 2.45) is 4.99 Å². The van der Waals surface area contributed by atoms with Gasteiger partial charge in [0.25, 0.3) is 0 Å². The quantitative estimate of drug-likeness (QED) is 0.474. The zero-order valence-corrected chi connectivity index (χ0v) is 19.7. The van der Waals surface area contributed by atoms with Crippen LogP contribution in [0.15, 0.2) is 47.7 Å². The molecule has 1 unspecified atom stereocenters. The Labute approximate surface area is 192 Å². The van der Waals surface area contributed by atoms with Crippen molar-refractivity contribution in [2.45, 2.75) is 25.0 Å². The highest BCUT2D eigenvalue weighted by molar-refractivity contribution is 6.01. The number of rotatable bonds is 2. The van der Waals surface area contributed by atoms with E-state index in [1.54, 1.807) is 7.11 Å². The third-order valence-corrected chi connectivity index (χ3v) is 7.34. The van der Waals surface area contributed by atoms with Crippen molar-refractivity contribution in [1.82, 2.24) is 9.97 Å². The number of pyridine rings is 1. The summed E-state index contributed by atoms with van der Waals surface area (Å²) in [4.78, 5) is 17.2. The second-order valence-electron chi connectivity index (χ2n) is 9.55. The highest BCUT2D eigenvalue weighted by atomic mass is 16.5. The number of anilines is 2. The van der Waals surface area contributed by atoms with Gasteiger partial charge >= 0.3 is 0 Å². The summed E-state index contributed by atoms with van der Waals surface area (Å²) in [5, 5.41) is 2.09. The molecule has 2 aromatic heterocycles. The van der Waals surface area contributed by atoms with E-state index in [1.165, 1.54) is 5.56 Å². The summed E-state index contributed by atoms with van der Waals surface area (Å²) < 4.78 is 12.5. The number of aliphatic imine (C=N–C) groups is 1. The molecule has 0 amide bonds. The van der Waals surface area contributed by atoms with Crippen molar-refractivity contribution >= 4 is 45.1 Å². The molecule has 168 valence electrons. The molecule has 4 aromatic rings. The Morgan fingerprint density at radius 2 is 1.94 bits per heavy atom. The highest BCUT2D eigenvalue weighted by Crippen LogP contribution is 2.56. The smallest absolute Gasteiger partial charge is 0.228 e. The van der Waals surface area contributed by atoms with Crippen LogP contribution < -0.4 is 19.3 Å². The first-order valence-corrected chi connectivity index (χ1v) is 11.1. The monoisotopic (exact) mass is 441 g/mol. The van der Waals surface area contributed by atoms with E-state index in [0.717, 1.165) is 50.4 Å². The number of aromatic amines is 1. The van der Waals surface area contributed by atoms with Crippen molar-refractivity contribution in [2.75, 3.05) is 38.1 Å². The molecule has 0 fully saturated rings. The predicted octanol–water partition coefficient (Wildman–Crippen LogP) is 5.01. The lowest BCUT2D eigenvalue weighted by Crippen LogP contribution is -2.61. The first-order valence-electron chi connectivity index (χ1n) is 11.1. The van der Waals surface area contributed by atoms with Crippen LogP contribution >= 0.6 is 0 Å². The lowest BCUT2D eigenvalue weighted by molar-refractivity contribution is 0.0842. The summed E-state index contributed by atoms with van der Waals surface area (Å²) in [5.41, 5.74) is 4.94. The van der Waals surface area contributed by atoms with Gasteiger partial charge in [0.2, 0.25) is 5.72 Å². The van der Waals surface area contributed by atoms with Gasteiger partial charge in [-0.15, -0.1) is 0 Å². The lowest BCUT2D eigenvalue weighted by Gasteiger charge is -2.45. The van der Waals surface area contributed by atoms with Gasteiger partial charge in [-0.3, -0.25) is 9.98 Å². The predicted molar refractivity (Wildman–Crippen MR) is 134 cm³/mol. The van der Waals surface area contributed by atoms with E-state index in [-0.39, 0.29) is 5.41 Å². The number of nitrogens with zero attached hydrogens (tertiary/aromatic N) is 4. The summed E-state index contributed by atoms with van der Waals surface area (Å²) in [7, 11) is 7.86. The molecule has 1 N–H and O–H groups in total. The second kappa shape index (κ2) is 6.41. The number of fused-ring (bicyclic) bond motifs is 5. The van der Waals surface area contributed by atoms with Gasteiger partial charge in [-0.1, -0.05) is 0 Å². The molecule has 4 heterocycles. The van der Waals surface area contributed by atoms with Gasteiger partial charge in [0.1, 0.15) is 11.4 Å². The molecule has 2 aromatic carbocycles. The van der Waals surface area contributed by atoms with E-state index < -0.39 is 5.72 Å². The molecule has 0 aliphatic carbocycles. The molecule has 33 heavy (non-hydrogen) atoms. The summed E-state index contributed by atoms with van der Waals surface area (Å²) in [6.45, 7) is 4.45. The van der Waals surface area contributed by atoms with Crippen LogP contribution in [0, 0.1) is 0 Å². The van der Waals surface area contributed by atoms with Crippen LogP contribution in [0.2, 0.25) is 0 Å². The number of nitrogens with one attached hydrogen (secondary N) is 1. The highest BCUT2D eigenvalue weighted by Gasteiger charge is 2.59. The molecule has 1 atom stereocenters. The minimum atomic E-state index is -0.781. The lowest BCUT2D eigenvalue weighted by atomic mass is 9.77. The van der Waals surface area contributed by atoms with E-state index in [4.69, 9.17) is 14.5 Å². The fourth-order valence-corrected chi connectivity index (χ4v) is 5.44. The zero-order valence-electron chi connectivity index (χ0n) is 19.7. The molecule has 6 rings (SSSR count). The molecule has 0 saturated carbocycles. The summed E-state index contributed by atoms with van der Waals surface area (Å²) in [5.74, 6) is 1.51. The second-order valence-corrected chi connectivity index (χ2v) is 9.55. The fourth-order valence-electron chi connectivity index (χ4n) is 5.44. The van der Waals surface area contributed by atoms with Crippen LogP contribution in [0.25, 0.3) is 21.8 Å². The minimum absolute atomic E-state index is 0.381. The molecule has 2 aliphatic heterocycles. The average Bonchev–Trinajstić information content (AvgIpc) is 3.36. The van der Waals surface area contributed by atoms with Crippen LogP contribution in [0.1, 0.15) is 19.4 Å². The van der Waals surface area contributed by atoms with E-state index in [9.17, 15) is 0 Å². The number of H-pyrrole nitrogens is 1. The molecular formula is C26H27N5O2. The minimum Gasteiger partial charge on any atom is -0.494 e. The molecule has 1 spiro atoms. The first-order chi connectivity index (χ1) is 15.8. The van der Waals surface area contributed by atoms with Gasteiger partial charge < -0.3 is 24.3 Å². The van der Waals surface area contributed by atoms with Crippen molar-refractivity contribution < 1.29 is 9.47 Å². The number of likely N-dealkylation sites (N-methyl/N-ethyl adjacent to an activating group) is 1. The standard InChI is InChI=1S/C26H27N5O2/c1-25(2)17-11-16-18(27-10-8-20(16)30(3)4)12-21(17)31(5)26(25)14-29-19-13-22(32-6)23-15(7-9-28-23)24(19)33-26/h7-14,28H,1-6H3. The SMILES string of the molecule is COc1cc2c(c3cc[nH]c13)OC1(C=N2)N(C)c2cc3nccc(N(C)C)c3cc2C1(C)C. The van der Waals surface area contributed by atoms with E-state index in [1.807, 2.05) is 30.7 Å². The molecule has 7 nitrogen and oxygen atoms in total. The molecule has 2 aliphatic rings. The van der Waals surface area contributed by atoms with Gasteiger partial charge in [-0.2, -0.15) is 0 Å². The number of ether oxygens (including phenoxy) is 2. The van der Waals surface area contributed by atoms with E-state index in [0.29, 0.717) is 0 Å². The van der Waals surface area contributed by atoms with Crippen LogP contribution in [-0.4, -0.2) is 50.2 Å².